The van der Waals surface area contributed by atoms with E-state index in [1.165, 1.54) is 0 Å². The lowest BCUT2D eigenvalue weighted by Crippen LogP contribution is -2.26. The highest BCUT2D eigenvalue weighted by molar-refractivity contribution is 9.10. The van der Waals surface area contributed by atoms with E-state index < -0.39 is 22.3 Å². The van der Waals surface area contributed by atoms with Gasteiger partial charge in [-0.1, -0.05) is 41.1 Å². The van der Waals surface area contributed by atoms with Crippen LogP contribution in [-0.2, 0) is 4.79 Å². The van der Waals surface area contributed by atoms with Crippen molar-refractivity contribution in [1.82, 2.24) is 4.98 Å². The van der Waals surface area contributed by atoms with Crippen LogP contribution in [0.25, 0.3) is 10.2 Å². The molecule has 1 unspecified atom stereocenters. The molecule has 0 radical (unpaired) electrons. The Kier molecular flexibility index (Phi) is 4.33. The normalized spacial score (nSPS) is 12.9. The third-order valence-electron chi connectivity index (χ3n) is 2.59. The summed E-state index contributed by atoms with van der Waals surface area (Å²) in [6.45, 7) is 3.70. The summed E-state index contributed by atoms with van der Waals surface area (Å²) < 4.78 is 39.8. The van der Waals surface area contributed by atoms with Gasteiger partial charge in [-0.2, -0.15) is 0 Å². The molecule has 1 heterocycles. The second-order valence-corrected chi connectivity index (χ2v) is 6.50. The number of hydrogen-bond donors (Lipinski definition) is 1. The zero-order valence-corrected chi connectivity index (χ0v) is 12.9. The number of hydrogen-bond acceptors (Lipinski definition) is 3. The van der Waals surface area contributed by atoms with Crippen molar-refractivity contribution in [2.45, 2.75) is 18.7 Å². The van der Waals surface area contributed by atoms with E-state index >= 15 is 0 Å². The predicted octanol–water partition coefficient (Wildman–Crippen LogP) is 4.07. The Morgan fingerprint density at radius 1 is 1.35 bits per heavy atom. The molecule has 20 heavy (non-hydrogen) atoms. The van der Waals surface area contributed by atoms with Crippen LogP contribution in [0.15, 0.2) is 6.07 Å². The molecule has 2 rings (SSSR count). The topological polar surface area (TPSA) is 42.0 Å². The van der Waals surface area contributed by atoms with Gasteiger partial charge in [0.05, 0.1) is 9.53 Å². The lowest BCUT2D eigenvalue weighted by Gasteiger charge is -2.11. The largest absolute Gasteiger partial charge is 0.301 e. The van der Waals surface area contributed by atoms with Gasteiger partial charge in [-0.05, 0) is 12.0 Å². The van der Waals surface area contributed by atoms with Crippen LogP contribution in [0.2, 0.25) is 0 Å². The van der Waals surface area contributed by atoms with Crippen molar-refractivity contribution < 1.29 is 18.0 Å². The number of nitrogens with zero attached hydrogens (tertiary/aromatic N) is 1. The highest BCUT2D eigenvalue weighted by Crippen LogP contribution is 2.30. The lowest BCUT2D eigenvalue weighted by atomic mass is 10.1. The molecule has 0 saturated heterocycles. The van der Waals surface area contributed by atoms with Crippen LogP contribution < -0.4 is 5.32 Å². The molecule has 108 valence electrons. The summed E-state index contributed by atoms with van der Waals surface area (Å²) >= 11 is 4.10. The fourth-order valence-electron chi connectivity index (χ4n) is 1.50. The van der Waals surface area contributed by atoms with Crippen molar-refractivity contribution in [3.63, 3.8) is 0 Å². The minimum Gasteiger partial charge on any atom is -0.301 e. The number of alkyl halides is 1. The Morgan fingerprint density at radius 2 is 2.00 bits per heavy atom. The van der Waals surface area contributed by atoms with Crippen molar-refractivity contribution >= 4 is 48.5 Å². The molecule has 0 fully saturated rings. The van der Waals surface area contributed by atoms with Gasteiger partial charge in [0.1, 0.15) is 5.52 Å². The van der Waals surface area contributed by atoms with Crippen LogP contribution in [0, 0.1) is 23.4 Å². The van der Waals surface area contributed by atoms with Gasteiger partial charge in [0.2, 0.25) is 5.91 Å². The number of carbonyl (C=O) groups excluding carboxylic acids is 1. The van der Waals surface area contributed by atoms with Gasteiger partial charge in [0.25, 0.3) is 0 Å². The van der Waals surface area contributed by atoms with E-state index in [9.17, 15) is 18.0 Å². The summed E-state index contributed by atoms with van der Waals surface area (Å²) in [6.07, 6.45) is 0. The van der Waals surface area contributed by atoms with E-state index in [0.29, 0.717) is 0 Å². The molecule has 1 N–H and O–H groups in total. The zero-order chi connectivity index (χ0) is 15.0. The first-order chi connectivity index (χ1) is 9.31. The number of thiazole rings is 1. The summed E-state index contributed by atoms with van der Waals surface area (Å²) in [5.41, 5.74) is -0.292. The molecule has 0 saturated carbocycles. The molecular weight excluding hydrogens is 357 g/mol. The first kappa shape index (κ1) is 15.2. The van der Waals surface area contributed by atoms with Crippen molar-refractivity contribution in [3.05, 3.63) is 23.5 Å². The van der Waals surface area contributed by atoms with Crippen LogP contribution in [0.1, 0.15) is 13.8 Å². The molecule has 0 bridgehead atoms. The fourth-order valence-corrected chi connectivity index (χ4v) is 2.51. The smallest absolute Gasteiger partial charge is 0.240 e. The number of fused-ring (bicyclic) bond motifs is 1. The van der Waals surface area contributed by atoms with Gasteiger partial charge in [0.15, 0.2) is 22.6 Å². The third-order valence-corrected chi connectivity index (χ3v) is 4.98. The van der Waals surface area contributed by atoms with Gasteiger partial charge in [-0.3, -0.25) is 4.79 Å². The van der Waals surface area contributed by atoms with Gasteiger partial charge >= 0.3 is 0 Å². The third kappa shape index (κ3) is 2.80. The summed E-state index contributed by atoms with van der Waals surface area (Å²) in [5, 5.41) is 2.58. The quantitative estimate of drug-likeness (QED) is 0.657. The van der Waals surface area contributed by atoms with E-state index in [-0.39, 0.29) is 27.2 Å². The second-order valence-electron chi connectivity index (χ2n) is 4.49. The summed E-state index contributed by atoms with van der Waals surface area (Å²) in [6, 6.07) is 0.856. The van der Waals surface area contributed by atoms with Crippen molar-refractivity contribution in [1.29, 1.82) is 0 Å². The van der Waals surface area contributed by atoms with Crippen LogP contribution in [-0.4, -0.2) is 15.7 Å². The maximum absolute atomic E-state index is 13.5. The van der Waals surface area contributed by atoms with Crippen molar-refractivity contribution in [2.75, 3.05) is 5.32 Å². The van der Waals surface area contributed by atoms with E-state index in [2.05, 4.69) is 26.2 Å². The number of anilines is 1. The van der Waals surface area contributed by atoms with Gasteiger partial charge < -0.3 is 5.32 Å². The van der Waals surface area contributed by atoms with E-state index in [1.54, 1.807) is 0 Å². The van der Waals surface area contributed by atoms with E-state index in [0.717, 1.165) is 17.4 Å². The highest BCUT2D eigenvalue weighted by Gasteiger charge is 2.22. The Hall–Kier alpha value is -1.15. The van der Waals surface area contributed by atoms with E-state index in [4.69, 9.17) is 0 Å². The maximum atomic E-state index is 13.5. The monoisotopic (exact) mass is 366 g/mol. The van der Waals surface area contributed by atoms with Crippen LogP contribution in [0.3, 0.4) is 0 Å². The molecule has 3 nitrogen and oxygen atoms in total. The molecule has 8 heteroatoms. The standard InChI is InChI=1S/C12H10BrF3N2OS/c1-4(2)7(13)11(19)18-12-17-10-6(20-12)3-5(14)8(15)9(10)16/h3-4,7H,1-2H3,(H,17,18,19). The number of halogens is 4. The van der Waals surface area contributed by atoms with Crippen molar-refractivity contribution in [3.8, 4) is 0 Å². The average molecular weight is 367 g/mol. The molecular formula is C12H10BrF3N2OS. The minimum atomic E-state index is -1.57. The maximum Gasteiger partial charge on any atom is 0.240 e. The number of aromatic nitrogens is 1. The average Bonchev–Trinajstić information content (AvgIpc) is 2.77. The Labute approximate surface area is 125 Å². The lowest BCUT2D eigenvalue weighted by molar-refractivity contribution is -0.116. The molecule has 0 aliphatic heterocycles. The molecule has 1 atom stereocenters. The summed E-state index contributed by atoms with van der Waals surface area (Å²) in [5.74, 6) is -4.49. The Morgan fingerprint density at radius 3 is 2.60 bits per heavy atom. The number of carbonyl (C=O) groups is 1. The molecule has 2 aromatic rings. The fraction of sp³-hybridized carbons (Fsp3) is 0.333. The number of benzene rings is 1. The first-order valence-corrected chi connectivity index (χ1v) is 7.43. The molecule has 0 aliphatic carbocycles. The SMILES string of the molecule is CC(C)C(Br)C(=O)Nc1nc2c(F)c(F)c(F)cc2s1. The first-order valence-electron chi connectivity index (χ1n) is 5.70. The van der Waals surface area contributed by atoms with Gasteiger partial charge in [0, 0.05) is 0 Å². The van der Waals surface area contributed by atoms with Gasteiger partial charge in [-0.15, -0.1) is 0 Å². The number of rotatable bonds is 3. The Balaban J connectivity index is 2.34. The predicted molar refractivity (Wildman–Crippen MR) is 75.7 cm³/mol. The number of amides is 1. The van der Waals surface area contributed by atoms with Crippen LogP contribution >= 0.6 is 27.3 Å². The second kappa shape index (κ2) is 5.69. The summed E-state index contributed by atoms with van der Waals surface area (Å²) in [4.78, 5) is 15.2. The van der Waals surface area contributed by atoms with Crippen LogP contribution in [0.4, 0.5) is 18.3 Å². The van der Waals surface area contributed by atoms with Gasteiger partial charge in [-0.25, -0.2) is 18.2 Å². The van der Waals surface area contributed by atoms with Crippen LogP contribution in [0.5, 0.6) is 0 Å². The molecule has 0 spiro atoms. The number of nitrogens with one attached hydrogen (secondary N) is 1. The molecule has 1 aromatic carbocycles. The minimum absolute atomic E-state index is 0.0519. The zero-order valence-electron chi connectivity index (χ0n) is 10.5. The van der Waals surface area contributed by atoms with Crippen molar-refractivity contribution in [2.24, 2.45) is 5.92 Å². The summed E-state index contributed by atoms with van der Waals surface area (Å²) in [7, 11) is 0. The molecule has 0 aliphatic rings. The molecule has 1 amide bonds. The highest BCUT2D eigenvalue weighted by atomic mass is 79.9. The van der Waals surface area contributed by atoms with E-state index in [1.807, 2.05) is 13.8 Å². The Bertz CT molecular complexity index is 674. The molecule has 1 aromatic heterocycles.